The Bertz CT molecular complexity index is 2040. The highest BCUT2D eigenvalue weighted by atomic mass is 32.2. The van der Waals surface area contributed by atoms with E-state index in [-0.39, 0.29) is 37.6 Å². The van der Waals surface area contributed by atoms with Crippen LogP contribution in [-0.2, 0) is 24.4 Å². The molecule has 312 valence electrons. The topological polar surface area (TPSA) is 185 Å². The number of aromatic nitrogens is 1. The van der Waals surface area contributed by atoms with Crippen molar-refractivity contribution in [2.75, 3.05) is 13.7 Å². The van der Waals surface area contributed by atoms with E-state index in [1.165, 1.54) is 18.2 Å². The van der Waals surface area contributed by atoms with Crippen LogP contribution in [0.5, 0.6) is 11.6 Å². The van der Waals surface area contributed by atoms with Gasteiger partial charge in [0.1, 0.15) is 35.0 Å². The number of allylic oxidation sites excluding steroid dienone is 1. The summed E-state index contributed by atoms with van der Waals surface area (Å²) in [5.74, 6) is -3.10. The van der Waals surface area contributed by atoms with Gasteiger partial charge in [0, 0.05) is 23.9 Å². The van der Waals surface area contributed by atoms with E-state index < -0.39 is 86.1 Å². The number of rotatable bonds is 10. The third-order valence-electron chi connectivity index (χ3n) is 12.4. The van der Waals surface area contributed by atoms with Crippen LogP contribution in [0.3, 0.4) is 0 Å². The summed E-state index contributed by atoms with van der Waals surface area (Å²) in [6.45, 7) is 7.16. The van der Waals surface area contributed by atoms with Crippen LogP contribution < -0.4 is 19.5 Å². The molecule has 17 heteroatoms. The molecule has 1 aromatic heterocycles. The molecule has 3 heterocycles. The van der Waals surface area contributed by atoms with E-state index in [1.807, 2.05) is 13.0 Å². The van der Waals surface area contributed by atoms with Gasteiger partial charge >= 0.3 is 6.09 Å². The van der Waals surface area contributed by atoms with Crippen molar-refractivity contribution in [3.05, 3.63) is 42.6 Å². The quantitative estimate of drug-likeness (QED) is 0.268. The highest BCUT2D eigenvalue weighted by molar-refractivity contribution is 7.91. The van der Waals surface area contributed by atoms with Crippen molar-refractivity contribution >= 4 is 44.6 Å². The fourth-order valence-electron chi connectivity index (χ4n) is 8.26. The van der Waals surface area contributed by atoms with Gasteiger partial charge in [-0.05, 0) is 101 Å². The third kappa shape index (κ3) is 8.13. The lowest BCUT2D eigenvalue weighted by Gasteiger charge is -2.45. The standard InChI is InChI=1S/C40H53F2N5O9S/c1-7-24-18-23(2)10-8-9-11-26-21-40(26,36(50)45-57(53,54)39(5)15-16-39)44-32(48)30-20-28(56-33-29-13-12-27(55-6)19-25(29)14-17-43-33)22-46(30)34(49)31(24)47(37(51)52)38(3,4)35(41)42/h9,11-14,17,19,23-24,26,28,30-31,35H,7-8,10,15-16,18,20-22H2,1-6H3,(H,44,48)(H,45,50)(H,51,52)/b11-9-/t23-,24-,26-,28-,30+,31+,40-/m1/s1. The predicted octanol–water partition coefficient (Wildman–Crippen LogP) is 5.26. The SMILES string of the molecule is CC[C@@H]1C[C@H](C)CC/C=C\[C@@H]2C[C@@]2(C(=O)NS(=O)(=O)C2(C)CC2)NC(=O)[C@@H]2C[C@@H](Oc3nccc4cc(OC)ccc34)CN2C(=O)[C@H]1N(C(=O)O)C(C)(C)C(F)F. The van der Waals surface area contributed by atoms with Gasteiger partial charge in [-0.1, -0.05) is 32.4 Å². The molecular formula is C40H53F2N5O9S. The molecule has 2 aliphatic heterocycles. The molecule has 0 bridgehead atoms. The average Bonchev–Trinajstić information content (AvgIpc) is 4.03. The molecule has 0 unspecified atom stereocenters. The zero-order valence-electron chi connectivity index (χ0n) is 33.2. The highest BCUT2D eigenvalue weighted by Crippen LogP contribution is 2.48. The summed E-state index contributed by atoms with van der Waals surface area (Å²) in [6, 6.07) is 4.04. The summed E-state index contributed by atoms with van der Waals surface area (Å²) >= 11 is 0. The number of alkyl halides is 2. The number of amides is 4. The second-order valence-electron chi connectivity index (χ2n) is 16.9. The largest absolute Gasteiger partial charge is 0.497 e. The fourth-order valence-corrected chi connectivity index (χ4v) is 9.58. The zero-order chi connectivity index (χ0) is 41.7. The van der Waals surface area contributed by atoms with Crippen LogP contribution in [0.4, 0.5) is 13.6 Å². The van der Waals surface area contributed by atoms with Crippen LogP contribution >= 0.6 is 0 Å². The molecule has 6 rings (SSSR count). The van der Waals surface area contributed by atoms with Gasteiger partial charge in [-0.2, -0.15) is 0 Å². The van der Waals surface area contributed by atoms with Gasteiger partial charge in [-0.3, -0.25) is 24.0 Å². The lowest BCUT2D eigenvalue weighted by Crippen LogP contribution is -2.65. The average molecular weight is 818 g/mol. The van der Waals surface area contributed by atoms with Crippen molar-refractivity contribution in [3.8, 4) is 11.6 Å². The minimum absolute atomic E-state index is 0.0803. The van der Waals surface area contributed by atoms with E-state index in [1.54, 1.807) is 44.2 Å². The van der Waals surface area contributed by atoms with Crippen LogP contribution in [0.25, 0.3) is 10.8 Å². The molecule has 2 aliphatic carbocycles. The molecule has 57 heavy (non-hydrogen) atoms. The molecular weight excluding hydrogens is 765 g/mol. The Morgan fingerprint density at radius 2 is 1.91 bits per heavy atom. The summed E-state index contributed by atoms with van der Waals surface area (Å²) in [6.07, 6.45) is 1.87. The number of pyridine rings is 1. The number of nitrogens with one attached hydrogen (secondary N) is 2. The molecule has 1 saturated heterocycles. The molecule has 2 saturated carbocycles. The van der Waals surface area contributed by atoms with Crippen molar-refractivity contribution < 1.29 is 51.0 Å². The summed E-state index contributed by atoms with van der Waals surface area (Å²) in [4.78, 5) is 62.9. The van der Waals surface area contributed by atoms with Crippen LogP contribution in [-0.4, -0.2) is 106 Å². The number of hydrogen-bond donors (Lipinski definition) is 3. The minimum Gasteiger partial charge on any atom is -0.497 e. The maximum Gasteiger partial charge on any atom is 0.408 e. The maximum atomic E-state index is 15.1. The number of ether oxygens (including phenoxy) is 2. The Kier molecular flexibility index (Phi) is 11.6. The van der Waals surface area contributed by atoms with E-state index >= 15 is 4.79 Å². The number of sulfonamides is 1. The van der Waals surface area contributed by atoms with Crippen molar-refractivity contribution in [1.82, 2.24) is 24.8 Å². The molecule has 2 aromatic rings. The van der Waals surface area contributed by atoms with E-state index in [0.29, 0.717) is 48.1 Å². The van der Waals surface area contributed by atoms with Crippen LogP contribution in [0, 0.1) is 17.8 Å². The number of hydrogen-bond acceptors (Lipinski definition) is 9. The lowest BCUT2D eigenvalue weighted by atomic mass is 9.82. The van der Waals surface area contributed by atoms with Crippen LogP contribution in [0.2, 0.25) is 0 Å². The van der Waals surface area contributed by atoms with Crippen LogP contribution in [0.15, 0.2) is 42.6 Å². The monoisotopic (exact) mass is 817 g/mol. The summed E-state index contributed by atoms with van der Waals surface area (Å²) in [5.41, 5.74) is -3.96. The Balaban J connectivity index is 1.42. The normalized spacial score (nSPS) is 29.6. The number of benzene rings is 1. The predicted molar refractivity (Wildman–Crippen MR) is 206 cm³/mol. The number of fused-ring (bicyclic) bond motifs is 3. The molecule has 1 aromatic carbocycles. The second-order valence-corrected chi connectivity index (χ2v) is 19.1. The number of carbonyl (C=O) groups is 4. The van der Waals surface area contributed by atoms with Crippen molar-refractivity contribution in [2.45, 2.75) is 126 Å². The Morgan fingerprint density at radius 3 is 2.54 bits per heavy atom. The van der Waals surface area contributed by atoms with Crippen molar-refractivity contribution in [3.63, 3.8) is 0 Å². The first-order valence-electron chi connectivity index (χ1n) is 19.5. The van der Waals surface area contributed by atoms with Gasteiger partial charge in [-0.25, -0.2) is 27.0 Å². The van der Waals surface area contributed by atoms with E-state index in [0.717, 1.165) is 19.2 Å². The Hall–Kier alpha value is -4.54. The van der Waals surface area contributed by atoms with Gasteiger partial charge in [0.2, 0.25) is 27.7 Å². The van der Waals surface area contributed by atoms with Gasteiger partial charge in [-0.15, -0.1) is 0 Å². The minimum atomic E-state index is -4.08. The van der Waals surface area contributed by atoms with Gasteiger partial charge in [0.25, 0.3) is 12.3 Å². The number of methoxy groups -OCH3 is 1. The molecule has 0 radical (unpaired) electrons. The van der Waals surface area contributed by atoms with Crippen molar-refractivity contribution in [1.29, 1.82) is 0 Å². The fraction of sp³-hybridized carbons (Fsp3) is 0.625. The van der Waals surface area contributed by atoms with Gasteiger partial charge < -0.3 is 24.8 Å². The highest BCUT2D eigenvalue weighted by Gasteiger charge is 2.63. The first-order valence-corrected chi connectivity index (χ1v) is 21.0. The number of carboxylic acid groups (broad SMARTS) is 1. The lowest BCUT2D eigenvalue weighted by molar-refractivity contribution is -0.149. The molecule has 0 spiro atoms. The van der Waals surface area contributed by atoms with Gasteiger partial charge in [0.15, 0.2) is 0 Å². The number of halogens is 2. The smallest absolute Gasteiger partial charge is 0.408 e. The molecule has 3 N–H and O–H groups in total. The third-order valence-corrected chi connectivity index (χ3v) is 14.6. The van der Waals surface area contributed by atoms with Crippen LogP contribution in [0.1, 0.15) is 86.0 Å². The number of carbonyl (C=O) groups excluding carboxylic acids is 3. The first-order chi connectivity index (χ1) is 26.8. The first kappa shape index (κ1) is 42.1. The number of nitrogens with zero attached hydrogens (tertiary/aromatic N) is 3. The molecule has 7 atom stereocenters. The van der Waals surface area contributed by atoms with Gasteiger partial charge in [0.05, 0.1) is 18.4 Å². The summed E-state index contributed by atoms with van der Waals surface area (Å²) < 4.78 is 68.8. The zero-order valence-corrected chi connectivity index (χ0v) is 34.0. The molecule has 3 fully saturated rings. The summed E-state index contributed by atoms with van der Waals surface area (Å²) in [7, 11) is -2.55. The molecule has 4 amide bonds. The molecule has 4 aliphatic rings. The maximum absolute atomic E-state index is 15.1. The Labute approximate surface area is 331 Å². The van der Waals surface area contributed by atoms with E-state index in [4.69, 9.17) is 9.47 Å². The molecule has 14 nitrogen and oxygen atoms in total. The van der Waals surface area contributed by atoms with Crippen molar-refractivity contribution in [2.24, 2.45) is 17.8 Å². The second kappa shape index (κ2) is 15.7. The van der Waals surface area contributed by atoms with E-state index in [2.05, 4.69) is 15.0 Å². The summed E-state index contributed by atoms with van der Waals surface area (Å²) in [5, 5.41) is 14.7. The Morgan fingerprint density at radius 1 is 1.19 bits per heavy atom. The van der Waals surface area contributed by atoms with E-state index in [9.17, 15) is 36.7 Å².